The van der Waals surface area contributed by atoms with Crippen LogP contribution in [0.4, 0.5) is 0 Å². The zero-order valence-corrected chi connectivity index (χ0v) is 19.6. The van der Waals surface area contributed by atoms with Crippen LogP contribution in [0.2, 0.25) is 0 Å². The van der Waals surface area contributed by atoms with E-state index in [1.54, 1.807) is 7.11 Å². The van der Waals surface area contributed by atoms with Gasteiger partial charge in [-0.05, 0) is 56.2 Å². The highest BCUT2D eigenvalue weighted by atomic mass is 16.5. The molecule has 2 aliphatic rings. The number of methoxy groups -OCH3 is 1. The minimum Gasteiger partial charge on any atom is -0.496 e. The third-order valence-corrected chi connectivity index (χ3v) is 6.91. The minimum atomic E-state index is -0.579. The number of benzene rings is 2. The van der Waals surface area contributed by atoms with Gasteiger partial charge in [-0.25, -0.2) is 0 Å². The van der Waals surface area contributed by atoms with Crippen LogP contribution in [-0.4, -0.2) is 43.0 Å². The first-order chi connectivity index (χ1) is 15.3. The highest BCUT2D eigenvalue weighted by molar-refractivity contribution is 5.87. The Balaban J connectivity index is 1.55. The lowest BCUT2D eigenvalue weighted by atomic mass is 9.79. The molecule has 4 rings (SSSR count). The van der Waals surface area contributed by atoms with Gasteiger partial charge in [0.1, 0.15) is 5.75 Å². The summed E-state index contributed by atoms with van der Waals surface area (Å²) in [6.45, 7) is 7.25. The molecular weight excluding hydrogens is 400 g/mol. The maximum Gasteiger partial charge on any atom is 0.228 e. The molecule has 0 spiro atoms. The first kappa shape index (κ1) is 22.4. The van der Waals surface area contributed by atoms with Gasteiger partial charge in [-0.2, -0.15) is 0 Å². The van der Waals surface area contributed by atoms with Crippen molar-refractivity contribution in [3.8, 4) is 16.9 Å². The van der Waals surface area contributed by atoms with Gasteiger partial charge in [0, 0.05) is 30.6 Å². The lowest BCUT2D eigenvalue weighted by molar-refractivity contribution is -0.134. The summed E-state index contributed by atoms with van der Waals surface area (Å²) in [5.41, 5.74) is 2.66. The largest absolute Gasteiger partial charge is 0.496 e. The van der Waals surface area contributed by atoms with Crippen molar-refractivity contribution in [2.24, 2.45) is 17.3 Å². The molecule has 2 amide bonds. The van der Waals surface area contributed by atoms with Crippen LogP contribution in [-0.2, 0) is 16.0 Å². The molecule has 1 aliphatic heterocycles. The number of rotatable bonds is 7. The number of likely N-dealkylation sites (tertiary alicyclic amines) is 1. The second-order valence-electron chi connectivity index (χ2n) is 9.81. The van der Waals surface area contributed by atoms with Gasteiger partial charge in [-0.15, -0.1) is 0 Å². The SMILES string of the molecule is COc1ccccc1-c1ccc(C[C@]2(C(=O)NC(C)C)CCN(C(=O)[C@H]3C[C@H]3C)C2)cc1. The second kappa shape index (κ2) is 8.97. The summed E-state index contributed by atoms with van der Waals surface area (Å²) in [7, 11) is 1.68. The second-order valence-corrected chi connectivity index (χ2v) is 9.81. The molecule has 2 fully saturated rings. The predicted octanol–water partition coefficient (Wildman–Crippen LogP) is 4.30. The van der Waals surface area contributed by atoms with Gasteiger partial charge in [0.25, 0.3) is 0 Å². The fraction of sp³-hybridized carbons (Fsp3) is 0.481. The van der Waals surface area contributed by atoms with E-state index in [0.717, 1.165) is 28.9 Å². The van der Waals surface area contributed by atoms with Gasteiger partial charge in [-0.3, -0.25) is 9.59 Å². The number of amides is 2. The number of hydrogen-bond acceptors (Lipinski definition) is 3. The Morgan fingerprint density at radius 3 is 2.47 bits per heavy atom. The molecule has 5 nitrogen and oxygen atoms in total. The monoisotopic (exact) mass is 434 g/mol. The topological polar surface area (TPSA) is 58.6 Å². The van der Waals surface area contributed by atoms with E-state index in [4.69, 9.17) is 4.74 Å². The summed E-state index contributed by atoms with van der Waals surface area (Å²) in [4.78, 5) is 28.1. The van der Waals surface area contributed by atoms with E-state index >= 15 is 0 Å². The average Bonchev–Trinajstić information content (AvgIpc) is 3.36. The Hall–Kier alpha value is -2.82. The molecule has 0 aromatic heterocycles. The van der Waals surface area contributed by atoms with Crippen molar-refractivity contribution in [1.29, 1.82) is 0 Å². The van der Waals surface area contributed by atoms with Crippen molar-refractivity contribution in [2.45, 2.75) is 46.1 Å². The molecule has 1 aliphatic carbocycles. The van der Waals surface area contributed by atoms with E-state index in [1.165, 1.54) is 0 Å². The third-order valence-electron chi connectivity index (χ3n) is 6.91. The smallest absolute Gasteiger partial charge is 0.228 e. The molecule has 2 aromatic rings. The van der Waals surface area contributed by atoms with Gasteiger partial charge >= 0.3 is 0 Å². The van der Waals surface area contributed by atoms with Gasteiger partial charge < -0.3 is 15.0 Å². The molecule has 1 N–H and O–H groups in total. The Kier molecular flexibility index (Phi) is 6.27. The number of carbonyl (C=O) groups excluding carboxylic acids is 2. The summed E-state index contributed by atoms with van der Waals surface area (Å²) in [6, 6.07) is 16.4. The van der Waals surface area contributed by atoms with Crippen molar-refractivity contribution >= 4 is 11.8 Å². The molecule has 0 unspecified atom stereocenters. The maximum absolute atomic E-state index is 13.3. The van der Waals surface area contributed by atoms with Gasteiger partial charge in [0.15, 0.2) is 0 Å². The number of carbonyl (C=O) groups is 2. The molecule has 1 saturated carbocycles. The minimum absolute atomic E-state index is 0.0560. The van der Waals surface area contributed by atoms with E-state index in [2.05, 4.69) is 36.5 Å². The zero-order chi connectivity index (χ0) is 22.9. The normalized spacial score (nSPS) is 24.5. The first-order valence-corrected chi connectivity index (χ1v) is 11.6. The van der Waals surface area contributed by atoms with Gasteiger partial charge in [0.2, 0.25) is 11.8 Å². The highest BCUT2D eigenvalue weighted by Crippen LogP contribution is 2.42. The van der Waals surface area contributed by atoms with Crippen LogP contribution in [0, 0.1) is 17.3 Å². The number of hydrogen-bond donors (Lipinski definition) is 1. The van der Waals surface area contributed by atoms with Crippen LogP contribution in [0.15, 0.2) is 48.5 Å². The molecule has 0 bridgehead atoms. The number of ether oxygens (including phenoxy) is 1. The van der Waals surface area contributed by atoms with Crippen LogP contribution < -0.4 is 10.1 Å². The Labute approximate surface area is 191 Å². The molecule has 170 valence electrons. The van der Waals surface area contributed by atoms with Crippen molar-refractivity contribution in [2.75, 3.05) is 20.2 Å². The number of para-hydroxylation sites is 1. The number of nitrogens with zero attached hydrogens (tertiary/aromatic N) is 1. The van der Waals surface area contributed by atoms with Crippen molar-refractivity contribution < 1.29 is 14.3 Å². The summed E-state index contributed by atoms with van der Waals surface area (Å²) in [5, 5.41) is 3.12. The summed E-state index contributed by atoms with van der Waals surface area (Å²) in [6.07, 6.45) is 2.30. The molecule has 3 atom stereocenters. The first-order valence-electron chi connectivity index (χ1n) is 11.6. The lowest BCUT2D eigenvalue weighted by Crippen LogP contribution is -2.47. The summed E-state index contributed by atoms with van der Waals surface area (Å²) >= 11 is 0. The van der Waals surface area contributed by atoms with Crippen molar-refractivity contribution in [3.63, 3.8) is 0 Å². The maximum atomic E-state index is 13.3. The highest BCUT2D eigenvalue weighted by Gasteiger charge is 2.49. The molecular formula is C27H34N2O3. The molecule has 32 heavy (non-hydrogen) atoms. The van der Waals surface area contributed by atoms with Crippen molar-refractivity contribution in [1.82, 2.24) is 10.2 Å². The zero-order valence-electron chi connectivity index (χ0n) is 19.6. The van der Waals surface area contributed by atoms with Crippen LogP contribution in [0.5, 0.6) is 5.75 Å². The van der Waals surface area contributed by atoms with Crippen LogP contribution in [0.25, 0.3) is 11.1 Å². The van der Waals surface area contributed by atoms with E-state index in [1.807, 2.05) is 43.0 Å². The van der Waals surface area contributed by atoms with Gasteiger partial charge in [-0.1, -0.05) is 49.4 Å². The van der Waals surface area contributed by atoms with Crippen molar-refractivity contribution in [3.05, 3.63) is 54.1 Å². The van der Waals surface area contributed by atoms with E-state index in [9.17, 15) is 9.59 Å². The van der Waals surface area contributed by atoms with E-state index in [0.29, 0.717) is 31.8 Å². The fourth-order valence-electron chi connectivity index (χ4n) is 4.86. The summed E-state index contributed by atoms with van der Waals surface area (Å²) in [5.74, 6) is 1.75. The molecule has 1 heterocycles. The standard InChI is InChI=1S/C27H34N2O3/c1-18(2)28-26(31)27(13-14-29(17-27)25(30)23-15-19(23)3)16-20-9-11-21(12-10-20)22-7-5-6-8-24(22)32-4/h5-12,18-19,23H,13-17H2,1-4H3,(H,28,31)/t19-,23+,27-/m1/s1. The third kappa shape index (κ3) is 4.52. The Morgan fingerprint density at radius 2 is 1.84 bits per heavy atom. The molecule has 0 radical (unpaired) electrons. The molecule has 1 saturated heterocycles. The predicted molar refractivity (Wildman–Crippen MR) is 126 cm³/mol. The van der Waals surface area contributed by atoms with Crippen LogP contribution in [0.3, 0.4) is 0 Å². The van der Waals surface area contributed by atoms with Gasteiger partial charge in [0.05, 0.1) is 12.5 Å². The van der Waals surface area contributed by atoms with Crippen LogP contribution in [0.1, 0.15) is 39.2 Å². The van der Waals surface area contributed by atoms with Crippen LogP contribution >= 0.6 is 0 Å². The summed E-state index contributed by atoms with van der Waals surface area (Å²) < 4.78 is 5.50. The Morgan fingerprint density at radius 1 is 1.16 bits per heavy atom. The fourth-order valence-corrected chi connectivity index (χ4v) is 4.86. The van der Waals surface area contributed by atoms with E-state index < -0.39 is 5.41 Å². The molecule has 2 aromatic carbocycles. The Bertz CT molecular complexity index is 985. The molecule has 5 heteroatoms. The number of nitrogens with one attached hydrogen (secondary N) is 1. The quantitative estimate of drug-likeness (QED) is 0.707. The van der Waals surface area contributed by atoms with E-state index in [-0.39, 0.29) is 23.8 Å². The lowest BCUT2D eigenvalue weighted by Gasteiger charge is -2.29. The average molecular weight is 435 g/mol.